The molecule has 0 aliphatic rings. The van der Waals surface area contributed by atoms with Gasteiger partial charge in [-0.05, 0) is 35.9 Å². The molecule has 1 N–H and O–H groups in total. The number of ether oxygens (including phenoxy) is 1. The lowest BCUT2D eigenvalue weighted by Crippen LogP contribution is -2.20. The second-order valence-electron chi connectivity index (χ2n) is 3.98. The zero-order valence-corrected chi connectivity index (χ0v) is 10.5. The highest BCUT2D eigenvalue weighted by Crippen LogP contribution is 2.17. The summed E-state index contributed by atoms with van der Waals surface area (Å²) in [6, 6.07) is 10.9. The van der Waals surface area contributed by atoms with E-state index in [1.165, 1.54) is 0 Å². The van der Waals surface area contributed by atoms with Gasteiger partial charge in [0.05, 0.1) is 6.10 Å². The summed E-state index contributed by atoms with van der Waals surface area (Å²) < 4.78 is 5.47. The third-order valence-corrected chi connectivity index (χ3v) is 2.69. The van der Waals surface area contributed by atoms with E-state index in [2.05, 4.69) is 4.98 Å². The van der Waals surface area contributed by atoms with Crippen LogP contribution in [0.15, 0.2) is 48.8 Å². The van der Waals surface area contributed by atoms with Crippen molar-refractivity contribution in [1.29, 1.82) is 0 Å². The molecule has 0 fully saturated rings. The minimum absolute atomic E-state index is 0.239. The minimum atomic E-state index is -0.550. The van der Waals surface area contributed by atoms with E-state index in [4.69, 9.17) is 16.3 Å². The van der Waals surface area contributed by atoms with Crippen LogP contribution < -0.4 is 4.74 Å². The van der Waals surface area contributed by atoms with Gasteiger partial charge in [0.15, 0.2) is 0 Å². The summed E-state index contributed by atoms with van der Waals surface area (Å²) in [4.78, 5) is 3.93. The number of aliphatic hydroxyl groups excluding tert-OH is 1. The zero-order valence-electron chi connectivity index (χ0n) is 9.79. The number of rotatable bonds is 5. The number of aromatic nitrogens is 1. The van der Waals surface area contributed by atoms with Crippen LogP contribution in [0, 0.1) is 0 Å². The van der Waals surface area contributed by atoms with Gasteiger partial charge < -0.3 is 9.84 Å². The van der Waals surface area contributed by atoms with Gasteiger partial charge in [-0.25, -0.2) is 0 Å². The van der Waals surface area contributed by atoms with E-state index < -0.39 is 6.10 Å². The molecule has 1 unspecified atom stereocenters. The first-order valence-electron chi connectivity index (χ1n) is 5.69. The SMILES string of the molecule is OC(COc1cccc(Cl)c1)Cc1ccncc1. The number of nitrogens with zero attached hydrogens (tertiary/aromatic N) is 1. The number of benzene rings is 1. The summed E-state index contributed by atoms with van der Waals surface area (Å²) in [5.74, 6) is 0.663. The fourth-order valence-electron chi connectivity index (χ4n) is 1.60. The molecular formula is C14H14ClNO2. The molecule has 2 rings (SSSR count). The maximum Gasteiger partial charge on any atom is 0.120 e. The molecule has 0 radical (unpaired) electrons. The maximum atomic E-state index is 9.85. The van der Waals surface area contributed by atoms with Crippen LogP contribution in [0.2, 0.25) is 5.02 Å². The summed E-state index contributed by atoms with van der Waals surface area (Å²) in [5, 5.41) is 10.5. The van der Waals surface area contributed by atoms with Gasteiger partial charge in [-0.2, -0.15) is 0 Å². The third kappa shape index (κ3) is 4.02. The van der Waals surface area contributed by atoms with Crippen LogP contribution in [0.3, 0.4) is 0 Å². The molecular weight excluding hydrogens is 250 g/mol. The lowest BCUT2D eigenvalue weighted by atomic mass is 10.1. The summed E-state index contributed by atoms with van der Waals surface area (Å²) in [6.45, 7) is 0.239. The standard InChI is InChI=1S/C14H14ClNO2/c15-12-2-1-3-14(9-12)18-10-13(17)8-11-4-6-16-7-5-11/h1-7,9,13,17H,8,10H2. The van der Waals surface area contributed by atoms with Gasteiger partial charge in [0.2, 0.25) is 0 Å². The highest BCUT2D eigenvalue weighted by molar-refractivity contribution is 6.30. The normalized spacial score (nSPS) is 12.1. The molecule has 1 aromatic carbocycles. The van der Waals surface area contributed by atoms with Gasteiger partial charge in [-0.1, -0.05) is 17.7 Å². The summed E-state index contributed by atoms with van der Waals surface area (Å²) in [7, 11) is 0. The predicted molar refractivity (Wildman–Crippen MR) is 70.9 cm³/mol. The van der Waals surface area contributed by atoms with Crippen LogP contribution in [0.5, 0.6) is 5.75 Å². The van der Waals surface area contributed by atoms with Gasteiger partial charge in [-0.3, -0.25) is 4.98 Å². The first-order valence-corrected chi connectivity index (χ1v) is 6.07. The molecule has 94 valence electrons. The van der Waals surface area contributed by atoms with Crippen molar-refractivity contribution in [1.82, 2.24) is 4.98 Å². The predicted octanol–water partition coefficient (Wildman–Crippen LogP) is 2.72. The number of aliphatic hydroxyl groups is 1. The molecule has 1 aromatic heterocycles. The van der Waals surface area contributed by atoms with Gasteiger partial charge >= 0.3 is 0 Å². The molecule has 2 aromatic rings. The molecule has 0 amide bonds. The van der Waals surface area contributed by atoms with Gasteiger partial charge in [0.1, 0.15) is 12.4 Å². The van der Waals surface area contributed by atoms with Crippen molar-refractivity contribution in [2.75, 3.05) is 6.61 Å². The van der Waals surface area contributed by atoms with Gasteiger partial charge in [0, 0.05) is 23.8 Å². The molecule has 4 heteroatoms. The molecule has 0 saturated heterocycles. The Balaban J connectivity index is 1.83. The highest BCUT2D eigenvalue weighted by atomic mass is 35.5. The Bertz CT molecular complexity index is 490. The van der Waals surface area contributed by atoms with Gasteiger partial charge in [0.25, 0.3) is 0 Å². The summed E-state index contributed by atoms with van der Waals surface area (Å²) in [6.07, 6.45) is 3.41. The largest absolute Gasteiger partial charge is 0.491 e. The Labute approximate surface area is 111 Å². The quantitative estimate of drug-likeness (QED) is 0.902. The number of hydrogen-bond acceptors (Lipinski definition) is 3. The van der Waals surface area contributed by atoms with E-state index in [1.54, 1.807) is 24.5 Å². The molecule has 18 heavy (non-hydrogen) atoms. The second-order valence-corrected chi connectivity index (χ2v) is 4.42. The molecule has 0 aliphatic heterocycles. The van der Waals surface area contributed by atoms with Gasteiger partial charge in [-0.15, -0.1) is 0 Å². The summed E-state index contributed by atoms with van der Waals surface area (Å²) >= 11 is 5.84. The van der Waals surface area contributed by atoms with Crippen LogP contribution in [0.25, 0.3) is 0 Å². The average molecular weight is 264 g/mol. The Hall–Kier alpha value is -1.58. The van der Waals surface area contributed by atoms with Crippen LogP contribution in [0.1, 0.15) is 5.56 Å². The van der Waals surface area contributed by atoms with Crippen molar-refractivity contribution in [2.24, 2.45) is 0 Å². The van der Waals surface area contributed by atoms with Crippen LogP contribution in [0.4, 0.5) is 0 Å². The molecule has 0 aliphatic carbocycles. The molecule has 0 spiro atoms. The van der Waals surface area contributed by atoms with E-state index in [1.807, 2.05) is 24.3 Å². The number of halogens is 1. The first-order chi connectivity index (χ1) is 8.74. The Morgan fingerprint density at radius 2 is 2.00 bits per heavy atom. The molecule has 0 bridgehead atoms. The molecule has 1 heterocycles. The Kier molecular flexibility index (Phi) is 4.56. The first kappa shape index (κ1) is 12.9. The topological polar surface area (TPSA) is 42.4 Å². The smallest absolute Gasteiger partial charge is 0.120 e. The lowest BCUT2D eigenvalue weighted by Gasteiger charge is -2.12. The van der Waals surface area contributed by atoms with Crippen molar-refractivity contribution >= 4 is 11.6 Å². The maximum absolute atomic E-state index is 9.85. The van der Waals surface area contributed by atoms with Crippen molar-refractivity contribution < 1.29 is 9.84 Å². The average Bonchev–Trinajstić information content (AvgIpc) is 2.38. The van der Waals surface area contributed by atoms with E-state index in [9.17, 15) is 5.11 Å². The van der Waals surface area contributed by atoms with Crippen LogP contribution in [-0.4, -0.2) is 22.8 Å². The fourth-order valence-corrected chi connectivity index (χ4v) is 1.78. The second kappa shape index (κ2) is 6.38. The molecule has 3 nitrogen and oxygen atoms in total. The Morgan fingerprint density at radius 3 is 2.72 bits per heavy atom. The lowest BCUT2D eigenvalue weighted by molar-refractivity contribution is 0.108. The van der Waals surface area contributed by atoms with Crippen molar-refractivity contribution in [2.45, 2.75) is 12.5 Å². The highest BCUT2D eigenvalue weighted by Gasteiger charge is 2.06. The Morgan fingerprint density at radius 1 is 1.22 bits per heavy atom. The van der Waals surface area contributed by atoms with Crippen LogP contribution in [-0.2, 0) is 6.42 Å². The van der Waals surface area contributed by atoms with Crippen molar-refractivity contribution in [3.8, 4) is 5.75 Å². The number of hydrogen-bond donors (Lipinski definition) is 1. The third-order valence-electron chi connectivity index (χ3n) is 2.46. The van der Waals surface area contributed by atoms with E-state index >= 15 is 0 Å². The van der Waals surface area contributed by atoms with E-state index in [0.29, 0.717) is 17.2 Å². The van der Waals surface area contributed by atoms with Crippen LogP contribution >= 0.6 is 11.6 Å². The minimum Gasteiger partial charge on any atom is -0.491 e. The summed E-state index contributed by atoms with van der Waals surface area (Å²) in [5.41, 5.74) is 1.03. The molecule has 0 saturated carbocycles. The number of pyridine rings is 1. The monoisotopic (exact) mass is 263 g/mol. The zero-order chi connectivity index (χ0) is 12.8. The van der Waals surface area contributed by atoms with Crippen molar-refractivity contribution in [3.05, 3.63) is 59.4 Å². The van der Waals surface area contributed by atoms with E-state index in [0.717, 1.165) is 5.56 Å². The van der Waals surface area contributed by atoms with Crippen molar-refractivity contribution in [3.63, 3.8) is 0 Å². The fraction of sp³-hybridized carbons (Fsp3) is 0.214. The van der Waals surface area contributed by atoms with E-state index in [-0.39, 0.29) is 6.61 Å². The molecule has 1 atom stereocenters.